The summed E-state index contributed by atoms with van der Waals surface area (Å²) < 4.78 is 4.88. The molecule has 0 unspecified atom stereocenters. The van der Waals surface area contributed by atoms with Crippen molar-refractivity contribution in [2.75, 3.05) is 6.61 Å². The van der Waals surface area contributed by atoms with Gasteiger partial charge in [0.25, 0.3) is 5.56 Å². The van der Waals surface area contributed by atoms with Crippen molar-refractivity contribution in [1.82, 2.24) is 9.97 Å². The van der Waals surface area contributed by atoms with Gasteiger partial charge in [-0.3, -0.25) is 9.59 Å². The Balaban J connectivity index is 1.98. The van der Waals surface area contributed by atoms with Gasteiger partial charge in [-0.25, -0.2) is 4.98 Å². The first-order valence-electron chi connectivity index (χ1n) is 5.56. The lowest BCUT2D eigenvalue weighted by molar-refractivity contribution is -0.137. The van der Waals surface area contributed by atoms with Crippen molar-refractivity contribution in [3.8, 4) is 0 Å². The minimum atomic E-state index is -0.269. The quantitative estimate of drug-likeness (QED) is 0.653. The number of benzene rings is 1. The number of carbonyl (C=O) groups is 1. The summed E-state index contributed by atoms with van der Waals surface area (Å²) in [5.41, 5.74) is 0.449. The van der Waals surface area contributed by atoms with Gasteiger partial charge in [0.15, 0.2) is 5.16 Å². The molecular formula is C12H10N2O3S. The van der Waals surface area contributed by atoms with Crippen molar-refractivity contribution in [3.63, 3.8) is 0 Å². The molecule has 0 saturated carbocycles. The molecule has 1 N–H and O–H groups in total. The number of thioether (sulfide) groups is 1. The minimum Gasteiger partial charge on any atom is -0.465 e. The van der Waals surface area contributed by atoms with Gasteiger partial charge in [0.2, 0.25) is 0 Å². The smallest absolute Gasteiger partial charge is 0.319 e. The van der Waals surface area contributed by atoms with Gasteiger partial charge >= 0.3 is 5.97 Å². The second kappa shape index (κ2) is 4.45. The van der Waals surface area contributed by atoms with Gasteiger partial charge in [-0.05, 0) is 12.1 Å². The molecule has 0 radical (unpaired) electrons. The van der Waals surface area contributed by atoms with Crippen molar-refractivity contribution in [2.45, 2.75) is 16.8 Å². The molecule has 1 aliphatic heterocycles. The lowest BCUT2D eigenvalue weighted by Crippen LogP contribution is -2.14. The number of aromatic amines is 1. The van der Waals surface area contributed by atoms with E-state index in [2.05, 4.69) is 9.97 Å². The van der Waals surface area contributed by atoms with Crippen LogP contribution in [0.4, 0.5) is 0 Å². The number of hydrogen-bond acceptors (Lipinski definition) is 5. The molecule has 1 aromatic carbocycles. The number of fused-ring (bicyclic) bond motifs is 1. The van der Waals surface area contributed by atoms with Gasteiger partial charge in [0.05, 0.1) is 17.5 Å². The average Bonchev–Trinajstić information content (AvgIpc) is 2.75. The molecule has 1 atom stereocenters. The maximum Gasteiger partial charge on any atom is 0.319 e. The molecule has 0 spiro atoms. The summed E-state index contributed by atoms with van der Waals surface area (Å²) >= 11 is 1.25. The number of H-pyrrole nitrogens is 1. The number of para-hydroxylation sites is 1. The minimum absolute atomic E-state index is 0.186. The maximum atomic E-state index is 11.8. The first kappa shape index (κ1) is 11.3. The van der Waals surface area contributed by atoms with Crippen molar-refractivity contribution < 1.29 is 9.53 Å². The Morgan fingerprint density at radius 2 is 2.17 bits per heavy atom. The van der Waals surface area contributed by atoms with Crippen LogP contribution >= 0.6 is 11.8 Å². The lowest BCUT2D eigenvalue weighted by atomic mass is 10.2. The molecule has 2 aromatic rings. The molecule has 6 heteroatoms. The molecule has 3 rings (SSSR count). The summed E-state index contributed by atoms with van der Waals surface area (Å²) in [4.78, 5) is 30.2. The summed E-state index contributed by atoms with van der Waals surface area (Å²) in [7, 11) is 0. The molecule has 1 aromatic heterocycles. The fourth-order valence-electron chi connectivity index (χ4n) is 1.84. The number of hydrogen-bond donors (Lipinski definition) is 1. The number of cyclic esters (lactones) is 1. The van der Waals surface area contributed by atoms with E-state index in [4.69, 9.17) is 4.74 Å². The van der Waals surface area contributed by atoms with Crippen LogP contribution in [0.3, 0.4) is 0 Å². The Bertz CT molecular complexity index is 668. The largest absolute Gasteiger partial charge is 0.465 e. The third kappa shape index (κ3) is 1.99. The van der Waals surface area contributed by atoms with E-state index < -0.39 is 0 Å². The van der Waals surface area contributed by atoms with Crippen LogP contribution in [0.1, 0.15) is 6.42 Å². The Labute approximate surface area is 107 Å². The van der Waals surface area contributed by atoms with Gasteiger partial charge in [-0.15, -0.1) is 0 Å². The normalized spacial score (nSPS) is 19.1. The Hall–Kier alpha value is -1.82. The molecular weight excluding hydrogens is 252 g/mol. The Kier molecular flexibility index (Phi) is 2.79. The van der Waals surface area contributed by atoms with E-state index in [0.29, 0.717) is 29.1 Å². The number of rotatable bonds is 2. The van der Waals surface area contributed by atoms with E-state index in [-0.39, 0.29) is 16.8 Å². The summed E-state index contributed by atoms with van der Waals surface area (Å²) in [5.74, 6) is -0.240. The van der Waals surface area contributed by atoms with Crippen LogP contribution in [0.2, 0.25) is 0 Å². The lowest BCUT2D eigenvalue weighted by Gasteiger charge is -2.05. The van der Waals surface area contributed by atoms with Crippen LogP contribution in [0.5, 0.6) is 0 Å². The maximum absolute atomic E-state index is 11.8. The highest BCUT2D eigenvalue weighted by molar-refractivity contribution is 8.00. The first-order valence-corrected chi connectivity index (χ1v) is 6.44. The van der Waals surface area contributed by atoms with Crippen LogP contribution in [-0.4, -0.2) is 27.8 Å². The molecule has 5 nitrogen and oxygen atoms in total. The molecule has 18 heavy (non-hydrogen) atoms. The van der Waals surface area contributed by atoms with Gasteiger partial charge in [0.1, 0.15) is 5.25 Å². The molecule has 1 saturated heterocycles. The zero-order chi connectivity index (χ0) is 12.5. The molecule has 92 valence electrons. The average molecular weight is 262 g/mol. The predicted molar refractivity (Wildman–Crippen MR) is 67.6 cm³/mol. The number of nitrogens with zero attached hydrogens (tertiary/aromatic N) is 1. The SMILES string of the molecule is O=C1OCC[C@@H]1Sc1nc2ccccc2c(=O)[nH]1. The van der Waals surface area contributed by atoms with Crippen LogP contribution in [0.15, 0.2) is 34.2 Å². The molecule has 1 aliphatic rings. The number of aromatic nitrogens is 2. The van der Waals surface area contributed by atoms with Gasteiger partial charge in [-0.2, -0.15) is 0 Å². The van der Waals surface area contributed by atoms with E-state index in [1.54, 1.807) is 18.2 Å². The number of esters is 1. The molecule has 0 amide bonds. The predicted octanol–water partition coefficient (Wildman–Crippen LogP) is 1.33. The zero-order valence-electron chi connectivity index (χ0n) is 9.38. The number of nitrogens with one attached hydrogen (secondary N) is 1. The monoisotopic (exact) mass is 262 g/mol. The second-order valence-corrected chi connectivity index (χ2v) is 5.14. The second-order valence-electron chi connectivity index (χ2n) is 3.95. The highest BCUT2D eigenvalue weighted by Gasteiger charge is 2.28. The highest BCUT2D eigenvalue weighted by atomic mass is 32.2. The fourth-order valence-corrected chi connectivity index (χ4v) is 2.79. The van der Waals surface area contributed by atoms with Crippen LogP contribution in [-0.2, 0) is 9.53 Å². The van der Waals surface area contributed by atoms with Crippen molar-refractivity contribution in [1.29, 1.82) is 0 Å². The fraction of sp³-hybridized carbons (Fsp3) is 0.250. The van der Waals surface area contributed by atoms with Crippen molar-refractivity contribution in [2.24, 2.45) is 0 Å². The molecule has 0 aliphatic carbocycles. The summed E-state index contributed by atoms with van der Waals surface area (Å²) in [5, 5.41) is 0.743. The molecule has 1 fully saturated rings. The molecule has 2 heterocycles. The number of carbonyl (C=O) groups excluding carboxylic acids is 1. The standard InChI is InChI=1S/C12H10N2O3S/c15-10-7-3-1-2-4-8(7)13-12(14-10)18-9-5-6-17-11(9)16/h1-4,9H,5-6H2,(H,13,14,15)/t9-/m0/s1. The third-order valence-corrected chi connectivity index (χ3v) is 3.86. The summed E-state index contributed by atoms with van der Waals surface area (Å²) in [6, 6.07) is 7.12. The van der Waals surface area contributed by atoms with E-state index in [0.717, 1.165) is 0 Å². The van der Waals surface area contributed by atoms with Gasteiger partial charge in [-0.1, -0.05) is 23.9 Å². The van der Waals surface area contributed by atoms with Gasteiger partial charge in [0, 0.05) is 6.42 Å². The summed E-state index contributed by atoms with van der Waals surface area (Å²) in [6.45, 7) is 0.439. The van der Waals surface area contributed by atoms with E-state index in [1.165, 1.54) is 11.8 Å². The summed E-state index contributed by atoms with van der Waals surface area (Å²) in [6.07, 6.45) is 0.653. The Morgan fingerprint density at radius 1 is 1.33 bits per heavy atom. The number of ether oxygens (including phenoxy) is 1. The van der Waals surface area contributed by atoms with E-state index >= 15 is 0 Å². The first-order chi connectivity index (χ1) is 8.74. The van der Waals surface area contributed by atoms with E-state index in [9.17, 15) is 9.59 Å². The van der Waals surface area contributed by atoms with Crippen molar-refractivity contribution in [3.05, 3.63) is 34.6 Å². The third-order valence-electron chi connectivity index (χ3n) is 2.73. The van der Waals surface area contributed by atoms with Crippen LogP contribution in [0, 0.1) is 0 Å². The Morgan fingerprint density at radius 3 is 2.94 bits per heavy atom. The van der Waals surface area contributed by atoms with Crippen LogP contribution in [0.25, 0.3) is 10.9 Å². The highest BCUT2D eigenvalue weighted by Crippen LogP contribution is 2.26. The van der Waals surface area contributed by atoms with Crippen LogP contribution < -0.4 is 5.56 Å². The molecule has 0 bridgehead atoms. The van der Waals surface area contributed by atoms with Crippen molar-refractivity contribution >= 4 is 28.6 Å². The zero-order valence-corrected chi connectivity index (χ0v) is 10.2. The topological polar surface area (TPSA) is 72.0 Å². The van der Waals surface area contributed by atoms with Gasteiger partial charge < -0.3 is 9.72 Å². The van der Waals surface area contributed by atoms with E-state index in [1.807, 2.05) is 6.07 Å².